The van der Waals surface area contributed by atoms with Gasteiger partial charge in [-0.2, -0.15) is 0 Å². The van der Waals surface area contributed by atoms with Crippen LogP contribution in [-0.2, 0) is 11.2 Å². The van der Waals surface area contributed by atoms with Gasteiger partial charge in [0.05, 0.1) is 12.6 Å². The fourth-order valence-electron chi connectivity index (χ4n) is 2.42. The van der Waals surface area contributed by atoms with Gasteiger partial charge in [0.15, 0.2) is 0 Å². The Bertz CT molecular complexity index is 428. The molecule has 3 heteroatoms. The van der Waals surface area contributed by atoms with E-state index in [1.54, 1.807) is 0 Å². The third-order valence-corrected chi connectivity index (χ3v) is 3.35. The van der Waals surface area contributed by atoms with Crippen LogP contribution in [0.3, 0.4) is 0 Å². The minimum Gasteiger partial charge on any atom is -0.463 e. The number of likely N-dealkylation sites (N-methyl/N-ethyl adjacent to an activating group) is 1. The van der Waals surface area contributed by atoms with E-state index in [4.69, 9.17) is 9.73 Å². The highest BCUT2D eigenvalue weighted by atomic mass is 16.5. The summed E-state index contributed by atoms with van der Waals surface area (Å²) in [5, 5.41) is 0. The Hall–Kier alpha value is -1.51. The first-order chi connectivity index (χ1) is 7.84. The average molecular weight is 216 g/mol. The second-order valence-corrected chi connectivity index (χ2v) is 4.43. The first kappa shape index (κ1) is 9.70. The number of fused-ring (bicyclic) bond motifs is 1. The van der Waals surface area contributed by atoms with Crippen molar-refractivity contribution >= 4 is 6.02 Å². The molecule has 0 spiro atoms. The molecule has 1 aliphatic heterocycles. The Morgan fingerprint density at radius 3 is 3.06 bits per heavy atom. The number of ether oxygens (including phenoxy) is 1. The molecule has 0 amide bonds. The summed E-state index contributed by atoms with van der Waals surface area (Å²) in [4.78, 5) is 6.80. The lowest BCUT2D eigenvalue weighted by molar-refractivity contribution is 0.348. The zero-order valence-corrected chi connectivity index (χ0v) is 9.52. The van der Waals surface area contributed by atoms with E-state index in [1.165, 1.54) is 11.1 Å². The van der Waals surface area contributed by atoms with Gasteiger partial charge in [0.1, 0.15) is 6.61 Å². The van der Waals surface area contributed by atoms with Crippen LogP contribution in [0.4, 0.5) is 0 Å². The van der Waals surface area contributed by atoms with Crippen molar-refractivity contribution in [1.29, 1.82) is 0 Å². The van der Waals surface area contributed by atoms with Gasteiger partial charge in [-0.25, -0.2) is 4.99 Å². The molecule has 1 aliphatic carbocycles. The first-order valence-electron chi connectivity index (χ1n) is 5.84. The van der Waals surface area contributed by atoms with Crippen molar-refractivity contribution in [3.05, 3.63) is 35.4 Å². The molecule has 2 aliphatic rings. The minimum absolute atomic E-state index is 0.298. The number of rotatable bonds is 1. The van der Waals surface area contributed by atoms with Crippen LogP contribution in [0.2, 0.25) is 0 Å². The second-order valence-electron chi connectivity index (χ2n) is 4.43. The van der Waals surface area contributed by atoms with Crippen LogP contribution in [-0.4, -0.2) is 31.1 Å². The van der Waals surface area contributed by atoms with Crippen LogP contribution in [0, 0.1) is 0 Å². The van der Waals surface area contributed by atoms with Gasteiger partial charge in [-0.05, 0) is 24.0 Å². The quantitative estimate of drug-likeness (QED) is 0.717. The molecule has 84 valence electrons. The normalized spacial score (nSPS) is 25.9. The molecule has 3 nitrogen and oxygen atoms in total. The fourth-order valence-corrected chi connectivity index (χ4v) is 2.42. The largest absolute Gasteiger partial charge is 0.463 e. The Balaban J connectivity index is 1.88. The number of aryl methyl sites for hydroxylation is 1. The zero-order valence-electron chi connectivity index (χ0n) is 9.52. The summed E-state index contributed by atoms with van der Waals surface area (Å²) in [6.45, 7) is 1.72. The van der Waals surface area contributed by atoms with Gasteiger partial charge < -0.3 is 9.64 Å². The molecule has 3 rings (SSSR count). The van der Waals surface area contributed by atoms with Crippen LogP contribution < -0.4 is 0 Å². The van der Waals surface area contributed by atoms with E-state index < -0.39 is 0 Å². The summed E-state index contributed by atoms with van der Waals surface area (Å²) in [5.41, 5.74) is 2.82. The lowest BCUT2D eigenvalue weighted by Crippen LogP contribution is -2.20. The topological polar surface area (TPSA) is 24.8 Å². The van der Waals surface area contributed by atoms with Crippen LogP contribution in [0.1, 0.15) is 23.6 Å². The number of aliphatic imine (C=N–C) groups is 1. The highest BCUT2D eigenvalue weighted by Gasteiger charge is 2.24. The molecule has 0 radical (unpaired) electrons. The summed E-state index contributed by atoms with van der Waals surface area (Å²) < 4.78 is 5.52. The summed E-state index contributed by atoms with van der Waals surface area (Å²) in [7, 11) is 2.03. The van der Waals surface area contributed by atoms with Crippen molar-refractivity contribution in [2.45, 2.75) is 18.9 Å². The molecule has 1 aromatic rings. The third kappa shape index (κ3) is 1.56. The lowest BCUT2D eigenvalue weighted by Gasteiger charge is -2.11. The van der Waals surface area contributed by atoms with Gasteiger partial charge >= 0.3 is 0 Å². The molecule has 0 N–H and O–H groups in total. The fraction of sp³-hybridized carbons (Fsp3) is 0.462. The van der Waals surface area contributed by atoms with Gasteiger partial charge in [0.25, 0.3) is 6.02 Å². The van der Waals surface area contributed by atoms with E-state index in [2.05, 4.69) is 29.2 Å². The monoisotopic (exact) mass is 216 g/mol. The number of nitrogens with zero attached hydrogens (tertiary/aromatic N) is 2. The highest BCUT2D eigenvalue weighted by molar-refractivity contribution is 5.75. The SMILES string of the molecule is CN1CCOC1=NC1CCc2ccccc21. The number of amidine groups is 1. The van der Waals surface area contributed by atoms with Gasteiger partial charge in [-0.1, -0.05) is 24.3 Å². The van der Waals surface area contributed by atoms with Crippen molar-refractivity contribution in [1.82, 2.24) is 4.90 Å². The number of hydrogen-bond donors (Lipinski definition) is 0. The Kier molecular flexibility index (Phi) is 2.31. The molecule has 1 atom stereocenters. The van der Waals surface area contributed by atoms with Crippen molar-refractivity contribution in [3.63, 3.8) is 0 Å². The Morgan fingerprint density at radius 2 is 2.25 bits per heavy atom. The predicted octanol–water partition coefficient (Wildman–Crippen LogP) is 1.99. The maximum atomic E-state index is 5.52. The molecular formula is C13H16N2O. The van der Waals surface area contributed by atoms with Crippen LogP contribution >= 0.6 is 0 Å². The zero-order chi connectivity index (χ0) is 11.0. The summed E-state index contributed by atoms with van der Waals surface area (Å²) >= 11 is 0. The average Bonchev–Trinajstić information content (AvgIpc) is 2.88. The molecule has 1 aromatic carbocycles. The van der Waals surface area contributed by atoms with E-state index in [-0.39, 0.29) is 0 Å². The molecule has 16 heavy (non-hydrogen) atoms. The van der Waals surface area contributed by atoms with Gasteiger partial charge in [-0.3, -0.25) is 0 Å². The molecule has 1 heterocycles. The van der Waals surface area contributed by atoms with E-state index in [0.29, 0.717) is 6.04 Å². The molecule has 0 bridgehead atoms. The van der Waals surface area contributed by atoms with Gasteiger partial charge in [0, 0.05) is 7.05 Å². The Labute approximate surface area is 95.7 Å². The number of hydrogen-bond acceptors (Lipinski definition) is 2. The lowest BCUT2D eigenvalue weighted by atomic mass is 10.1. The van der Waals surface area contributed by atoms with Crippen LogP contribution in [0.25, 0.3) is 0 Å². The van der Waals surface area contributed by atoms with E-state index in [1.807, 2.05) is 7.05 Å². The smallest absolute Gasteiger partial charge is 0.287 e. The highest BCUT2D eigenvalue weighted by Crippen LogP contribution is 2.34. The van der Waals surface area contributed by atoms with E-state index in [9.17, 15) is 0 Å². The molecule has 1 unspecified atom stereocenters. The van der Waals surface area contributed by atoms with Crippen molar-refractivity contribution < 1.29 is 4.74 Å². The maximum absolute atomic E-state index is 5.52. The summed E-state index contributed by atoms with van der Waals surface area (Å²) in [6.07, 6.45) is 2.25. The summed E-state index contributed by atoms with van der Waals surface area (Å²) in [6, 6.07) is 9.69. The molecule has 0 aromatic heterocycles. The molecule has 1 saturated heterocycles. The Morgan fingerprint density at radius 1 is 1.38 bits per heavy atom. The molecular weight excluding hydrogens is 200 g/mol. The van der Waals surface area contributed by atoms with Crippen molar-refractivity contribution in [2.24, 2.45) is 4.99 Å². The van der Waals surface area contributed by atoms with Gasteiger partial charge in [-0.15, -0.1) is 0 Å². The van der Waals surface area contributed by atoms with E-state index in [0.717, 1.165) is 32.0 Å². The molecule has 1 fully saturated rings. The second kappa shape index (κ2) is 3.81. The van der Waals surface area contributed by atoms with Crippen molar-refractivity contribution in [3.8, 4) is 0 Å². The number of benzene rings is 1. The van der Waals surface area contributed by atoms with Crippen LogP contribution in [0.5, 0.6) is 0 Å². The molecule has 0 saturated carbocycles. The maximum Gasteiger partial charge on any atom is 0.287 e. The summed E-state index contributed by atoms with van der Waals surface area (Å²) in [5.74, 6) is 0. The minimum atomic E-state index is 0.298. The third-order valence-electron chi connectivity index (χ3n) is 3.35. The van der Waals surface area contributed by atoms with Crippen LogP contribution in [0.15, 0.2) is 29.3 Å². The first-order valence-corrected chi connectivity index (χ1v) is 5.84. The van der Waals surface area contributed by atoms with Gasteiger partial charge in [0.2, 0.25) is 0 Å². The van der Waals surface area contributed by atoms with E-state index >= 15 is 0 Å². The van der Waals surface area contributed by atoms with Crippen molar-refractivity contribution in [2.75, 3.05) is 20.2 Å². The predicted molar refractivity (Wildman–Crippen MR) is 63.5 cm³/mol. The standard InChI is InChI=1S/C13H16N2O/c1-15-8-9-16-13(15)14-12-7-6-10-4-2-3-5-11(10)12/h2-5,12H,6-9H2,1H3.